The van der Waals surface area contributed by atoms with Gasteiger partial charge in [-0.2, -0.15) is 5.10 Å². The first-order valence-corrected chi connectivity index (χ1v) is 8.78. The summed E-state index contributed by atoms with van der Waals surface area (Å²) in [6.45, 7) is 0. The lowest BCUT2D eigenvalue weighted by atomic mass is 10.1. The number of hydrogen-bond donors (Lipinski definition) is 0. The molecule has 0 aliphatic heterocycles. The lowest BCUT2D eigenvalue weighted by molar-refractivity contribution is -0.385. The highest BCUT2D eigenvalue weighted by molar-refractivity contribution is 5.92. The molecule has 0 atom stereocenters. The Kier molecular flexibility index (Phi) is 5.73. The largest absolute Gasteiger partial charge is 0.490 e. The molecule has 1 amide bonds. The number of nitro benzene ring substituents is 1. The average molecular weight is 392 g/mol. The van der Waals surface area contributed by atoms with Gasteiger partial charge in [-0.15, -0.1) is 0 Å². The molecule has 0 N–H and O–H groups in total. The number of likely N-dealkylation sites (N-methyl/N-ethyl adjacent to an activating group) is 1. The molecule has 0 radical (unpaired) electrons. The summed E-state index contributed by atoms with van der Waals surface area (Å²) in [7, 11) is 4.70. The summed E-state index contributed by atoms with van der Waals surface area (Å²) < 4.78 is 6.75. The Hall–Kier alpha value is -3.94. The van der Waals surface area contributed by atoms with Crippen molar-refractivity contribution in [1.82, 2.24) is 14.7 Å². The van der Waals surface area contributed by atoms with Crippen LogP contribution in [0, 0.1) is 10.1 Å². The Morgan fingerprint density at radius 2 is 1.93 bits per heavy atom. The van der Waals surface area contributed by atoms with Crippen LogP contribution in [0.15, 0.2) is 60.8 Å². The number of amides is 1. The molecule has 3 aromatic rings. The quantitative estimate of drug-likeness (QED) is 0.363. The van der Waals surface area contributed by atoms with Crippen molar-refractivity contribution >= 4 is 17.7 Å². The molecule has 2 aromatic carbocycles. The van der Waals surface area contributed by atoms with Gasteiger partial charge >= 0.3 is 5.69 Å². The number of nitrogens with zero attached hydrogens (tertiary/aromatic N) is 4. The van der Waals surface area contributed by atoms with Crippen LogP contribution in [0.3, 0.4) is 0 Å². The highest BCUT2D eigenvalue weighted by Crippen LogP contribution is 2.33. The number of benzene rings is 2. The molecule has 0 bridgehead atoms. The molecular formula is C21H20N4O4. The SMILES string of the molecule is COc1ccc(-c2nn(-c3ccccc3)cc2/C=C/C(=O)N(C)C)cc1[N+](=O)[O-]. The van der Waals surface area contributed by atoms with E-state index in [2.05, 4.69) is 5.10 Å². The number of ether oxygens (including phenoxy) is 1. The summed E-state index contributed by atoms with van der Waals surface area (Å²) in [6, 6.07) is 14.1. The summed E-state index contributed by atoms with van der Waals surface area (Å²) in [5.41, 5.74) is 2.39. The smallest absolute Gasteiger partial charge is 0.311 e. The summed E-state index contributed by atoms with van der Waals surface area (Å²) >= 11 is 0. The number of methoxy groups -OCH3 is 1. The van der Waals surface area contributed by atoms with Crippen molar-refractivity contribution in [3.63, 3.8) is 0 Å². The molecule has 0 unspecified atom stereocenters. The second-order valence-electron chi connectivity index (χ2n) is 6.42. The van der Waals surface area contributed by atoms with Gasteiger partial charge < -0.3 is 9.64 Å². The summed E-state index contributed by atoms with van der Waals surface area (Å²) in [4.78, 5) is 24.3. The topological polar surface area (TPSA) is 90.5 Å². The van der Waals surface area contributed by atoms with Crippen LogP contribution in [-0.4, -0.2) is 46.7 Å². The fourth-order valence-corrected chi connectivity index (χ4v) is 2.74. The zero-order chi connectivity index (χ0) is 21.0. The van der Waals surface area contributed by atoms with Crippen molar-refractivity contribution in [1.29, 1.82) is 0 Å². The molecule has 1 heterocycles. The molecule has 3 rings (SSSR count). The fraction of sp³-hybridized carbons (Fsp3) is 0.143. The van der Waals surface area contributed by atoms with Gasteiger partial charge in [0.15, 0.2) is 5.75 Å². The van der Waals surface area contributed by atoms with Crippen LogP contribution in [0.1, 0.15) is 5.56 Å². The Morgan fingerprint density at radius 1 is 1.21 bits per heavy atom. The van der Waals surface area contributed by atoms with Crippen LogP contribution in [0.5, 0.6) is 5.75 Å². The third-order valence-electron chi connectivity index (χ3n) is 4.26. The van der Waals surface area contributed by atoms with E-state index in [0.29, 0.717) is 16.8 Å². The third kappa shape index (κ3) is 4.32. The fourth-order valence-electron chi connectivity index (χ4n) is 2.74. The van der Waals surface area contributed by atoms with E-state index in [1.54, 1.807) is 37.1 Å². The van der Waals surface area contributed by atoms with Gasteiger partial charge in [-0.1, -0.05) is 18.2 Å². The number of para-hydroxylation sites is 1. The minimum absolute atomic E-state index is 0.154. The maximum Gasteiger partial charge on any atom is 0.311 e. The zero-order valence-electron chi connectivity index (χ0n) is 16.3. The average Bonchev–Trinajstić information content (AvgIpc) is 3.16. The summed E-state index contributed by atoms with van der Waals surface area (Å²) in [6.07, 6.45) is 4.87. The molecule has 29 heavy (non-hydrogen) atoms. The Morgan fingerprint density at radius 3 is 2.55 bits per heavy atom. The van der Waals surface area contributed by atoms with Crippen molar-refractivity contribution < 1.29 is 14.5 Å². The van der Waals surface area contributed by atoms with Crippen LogP contribution in [0.2, 0.25) is 0 Å². The molecule has 1 aromatic heterocycles. The molecule has 0 saturated carbocycles. The standard InChI is InChI=1S/C21H20N4O4/c1-23(2)20(26)12-10-16-14-24(17-7-5-4-6-8-17)22-21(16)15-9-11-19(29-3)18(13-15)25(27)28/h4-14H,1-3H3/b12-10+. The predicted molar refractivity (Wildman–Crippen MR) is 110 cm³/mol. The number of carbonyl (C=O) groups is 1. The highest BCUT2D eigenvalue weighted by Gasteiger charge is 2.19. The number of hydrogen-bond acceptors (Lipinski definition) is 5. The molecule has 148 valence electrons. The van der Waals surface area contributed by atoms with Gasteiger partial charge in [0.1, 0.15) is 5.69 Å². The van der Waals surface area contributed by atoms with Gasteiger partial charge in [-0.3, -0.25) is 14.9 Å². The van der Waals surface area contributed by atoms with Gasteiger partial charge in [0.25, 0.3) is 0 Å². The zero-order valence-corrected chi connectivity index (χ0v) is 16.3. The molecule has 0 aliphatic rings. The van der Waals surface area contributed by atoms with E-state index < -0.39 is 4.92 Å². The molecule has 8 nitrogen and oxygen atoms in total. The van der Waals surface area contributed by atoms with E-state index in [9.17, 15) is 14.9 Å². The molecule has 0 fully saturated rings. The highest BCUT2D eigenvalue weighted by atomic mass is 16.6. The number of aromatic nitrogens is 2. The Labute approximate surface area is 167 Å². The van der Waals surface area contributed by atoms with Gasteiger partial charge in [0.2, 0.25) is 5.91 Å². The second-order valence-corrected chi connectivity index (χ2v) is 6.42. The van der Waals surface area contributed by atoms with Crippen molar-refractivity contribution in [2.45, 2.75) is 0 Å². The summed E-state index contributed by atoms with van der Waals surface area (Å²) in [5.74, 6) is -0.00903. The molecular weight excluding hydrogens is 372 g/mol. The normalized spacial score (nSPS) is 10.9. The predicted octanol–water partition coefficient (Wildman–Crippen LogP) is 3.56. The Bertz CT molecular complexity index is 1070. The Balaban J connectivity index is 2.14. The van der Waals surface area contributed by atoms with Crippen LogP contribution < -0.4 is 4.74 Å². The van der Waals surface area contributed by atoms with Crippen LogP contribution in [0.4, 0.5) is 5.69 Å². The minimum atomic E-state index is -0.498. The van der Waals surface area contributed by atoms with Gasteiger partial charge in [-0.25, -0.2) is 4.68 Å². The van der Waals surface area contributed by atoms with Crippen molar-refractivity contribution in [3.05, 3.63) is 76.5 Å². The van der Waals surface area contributed by atoms with E-state index in [1.165, 1.54) is 30.2 Å². The van der Waals surface area contributed by atoms with E-state index in [0.717, 1.165) is 5.69 Å². The van der Waals surface area contributed by atoms with E-state index >= 15 is 0 Å². The van der Waals surface area contributed by atoms with Gasteiger partial charge in [0.05, 0.1) is 17.7 Å². The first-order valence-electron chi connectivity index (χ1n) is 8.78. The lowest BCUT2D eigenvalue weighted by Crippen LogP contribution is -2.18. The second kappa shape index (κ2) is 8.39. The maximum absolute atomic E-state index is 12.0. The first-order chi connectivity index (χ1) is 13.9. The van der Waals surface area contributed by atoms with Crippen LogP contribution in [0.25, 0.3) is 23.0 Å². The minimum Gasteiger partial charge on any atom is -0.490 e. The van der Waals surface area contributed by atoms with E-state index in [-0.39, 0.29) is 17.3 Å². The lowest BCUT2D eigenvalue weighted by Gasteiger charge is -2.06. The number of nitro groups is 1. The van der Waals surface area contributed by atoms with Gasteiger partial charge in [-0.05, 0) is 30.3 Å². The van der Waals surface area contributed by atoms with Crippen molar-refractivity contribution in [2.75, 3.05) is 21.2 Å². The monoisotopic (exact) mass is 392 g/mol. The van der Waals surface area contributed by atoms with Crippen LogP contribution >= 0.6 is 0 Å². The number of carbonyl (C=O) groups excluding carboxylic acids is 1. The molecule has 0 aliphatic carbocycles. The summed E-state index contributed by atoms with van der Waals surface area (Å²) in [5, 5.41) is 16.0. The van der Waals surface area contributed by atoms with E-state index in [4.69, 9.17) is 4.74 Å². The molecule has 8 heteroatoms. The van der Waals surface area contributed by atoms with Crippen LogP contribution in [-0.2, 0) is 4.79 Å². The van der Waals surface area contributed by atoms with Gasteiger partial charge in [0, 0.05) is 43.6 Å². The van der Waals surface area contributed by atoms with E-state index in [1.807, 2.05) is 30.3 Å². The maximum atomic E-state index is 12.0. The third-order valence-corrected chi connectivity index (χ3v) is 4.26. The molecule has 0 spiro atoms. The first kappa shape index (κ1) is 19.8. The van der Waals surface area contributed by atoms with Crippen molar-refractivity contribution in [3.8, 4) is 22.7 Å². The number of rotatable bonds is 6. The van der Waals surface area contributed by atoms with Crippen molar-refractivity contribution in [2.24, 2.45) is 0 Å². The molecule has 0 saturated heterocycles.